The molecule has 114 valence electrons. The van der Waals surface area contributed by atoms with Gasteiger partial charge in [0.25, 0.3) is 0 Å². The van der Waals surface area contributed by atoms with Crippen LogP contribution in [0.3, 0.4) is 0 Å². The maximum absolute atomic E-state index is 8.42. The molecule has 0 amide bonds. The zero-order valence-corrected chi connectivity index (χ0v) is 14.6. The second-order valence-corrected chi connectivity index (χ2v) is 6.73. The van der Waals surface area contributed by atoms with Crippen molar-refractivity contribution < 1.29 is 11.3 Å². The van der Waals surface area contributed by atoms with Crippen molar-refractivity contribution in [3.63, 3.8) is 0 Å². The first-order valence-electron chi connectivity index (χ1n) is 10.00. The summed E-state index contributed by atoms with van der Waals surface area (Å²) in [4.78, 5) is 0. The Morgan fingerprint density at radius 2 is 1.62 bits per heavy atom. The van der Waals surface area contributed by atoms with E-state index in [4.69, 9.17) is 11.3 Å². The first-order chi connectivity index (χ1) is 13.9. The first-order valence-corrected chi connectivity index (χ1v) is 8.57. The fraction of sp³-hybridized carbons (Fsp3) is 0. The lowest BCUT2D eigenvalue weighted by molar-refractivity contribution is 0.668. The van der Waals surface area contributed by atoms with Crippen molar-refractivity contribution >= 4 is 55.3 Å². The Balaban J connectivity index is 2.06. The standard InChI is InChI=1S/C22H13IO/c23-19-12-6-11-17-20-16-10-5-4-9-15(16)13-18(22(20)24-21(17)19)14-7-2-1-3-8-14/h1-13H/i1D,2D,3D,7D,8D. The molecule has 24 heavy (non-hydrogen) atoms. The molecule has 0 atom stereocenters. The molecule has 0 N–H and O–H groups in total. The molecule has 0 aliphatic heterocycles. The number of hydrogen-bond acceptors (Lipinski definition) is 1. The molecule has 2 heteroatoms. The Hall–Kier alpha value is -2.33. The topological polar surface area (TPSA) is 13.1 Å². The van der Waals surface area contributed by atoms with Crippen molar-refractivity contribution in [3.05, 3.63) is 82.3 Å². The summed E-state index contributed by atoms with van der Waals surface area (Å²) in [6, 6.07) is 14.0. The van der Waals surface area contributed by atoms with Gasteiger partial charge in [0.05, 0.1) is 10.4 Å². The Morgan fingerprint density at radius 1 is 0.833 bits per heavy atom. The smallest absolute Gasteiger partial charge is 0.148 e. The van der Waals surface area contributed by atoms with Gasteiger partial charge in [0, 0.05) is 16.3 Å². The summed E-state index contributed by atoms with van der Waals surface area (Å²) in [5.41, 5.74) is 1.91. The van der Waals surface area contributed by atoms with Crippen LogP contribution in [0.1, 0.15) is 6.85 Å². The molecule has 0 spiro atoms. The summed E-state index contributed by atoms with van der Waals surface area (Å²) in [5, 5.41) is 3.75. The number of halogens is 1. The van der Waals surface area contributed by atoms with Crippen LogP contribution in [0.15, 0.2) is 83.2 Å². The van der Waals surface area contributed by atoms with Crippen LogP contribution in [0.2, 0.25) is 0 Å². The molecule has 0 radical (unpaired) electrons. The van der Waals surface area contributed by atoms with Gasteiger partial charge in [-0.1, -0.05) is 66.6 Å². The highest BCUT2D eigenvalue weighted by Gasteiger charge is 2.16. The molecule has 0 saturated heterocycles. The molecule has 1 aromatic heterocycles. The van der Waals surface area contributed by atoms with E-state index in [-0.39, 0.29) is 29.7 Å². The molecule has 1 heterocycles. The van der Waals surface area contributed by atoms with Crippen molar-refractivity contribution in [2.75, 3.05) is 0 Å². The molecule has 4 aromatic carbocycles. The van der Waals surface area contributed by atoms with E-state index in [1.54, 1.807) is 0 Å². The second kappa shape index (κ2) is 5.35. The zero-order chi connectivity index (χ0) is 20.4. The average Bonchev–Trinajstić information content (AvgIpc) is 3.12. The Morgan fingerprint density at radius 3 is 2.50 bits per heavy atom. The maximum Gasteiger partial charge on any atom is 0.148 e. The van der Waals surface area contributed by atoms with Crippen LogP contribution in [0.25, 0.3) is 43.8 Å². The molecule has 0 unspecified atom stereocenters. The van der Waals surface area contributed by atoms with E-state index in [1.165, 1.54) is 0 Å². The van der Waals surface area contributed by atoms with E-state index >= 15 is 0 Å². The van der Waals surface area contributed by atoms with Crippen LogP contribution in [-0.2, 0) is 0 Å². The number of rotatable bonds is 1. The second-order valence-electron chi connectivity index (χ2n) is 5.57. The van der Waals surface area contributed by atoms with E-state index in [9.17, 15) is 0 Å². The summed E-state index contributed by atoms with van der Waals surface area (Å²) < 4.78 is 48.0. The van der Waals surface area contributed by atoms with Crippen LogP contribution in [0.4, 0.5) is 0 Å². The van der Waals surface area contributed by atoms with Gasteiger partial charge in [-0.2, -0.15) is 0 Å². The summed E-state index contributed by atoms with van der Waals surface area (Å²) in [6.45, 7) is 0. The highest BCUT2D eigenvalue weighted by molar-refractivity contribution is 14.1. The third-order valence-corrected chi connectivity index (χ3v) is 5.06. The van der Waals surface area contributed by atoms with Gasteiger partial charge in [-0.25, -0.2) is 0 Å². The number of fused-ring (bicyclic) bond motifs is 5. The molecule has 0 bridgehead atoms. The average molecular weight is 425 g/mol. The number of benzene rings is 4. The van der Waals surface area contributed by atoms with Crippen LogP contribution in [0, 0.1) is 3.57 Å². The lowest BCUT2D eigenvalue weighted by atomic mass is 9.96. The Bertz CT molecular complexity index is 1440. The highest BCUT2D eigenvalue weighted by Crippen LogP contribution is 2.41. The zero-order valence-electron chi connectivity index (χ0n) is 17.4. The maximum atomic E-state index is 8.42. The van der Waals surface area contributed by atoms with Gasteiger partial charge in [-0.3, -0.25) is 0 Å². The normalized spacial score (nSPS) is 14.5. The lowest BCUT2D eigenvalue weighted by Gasteiger charge is -2.06. The van der Waals surface area contributed by atoms with E-state index in [2.05, 4.69) is 22.6 Å². The van der Waals surface area contributed by atoms with Crippen LogP contribution < -0.4 is 0 Å². The van der Waals surface area contributed by atoms with E-state index in [1.807, 2.05) is 48.5 Å². The van der Waals surface area contributed by atoms with Crippen LogP contribution in [-0.4, -0.2) is 0 Å². The fourth-order valence-corrected chi connectivity index (χ4v) is 3.79. The highest BCUT2D eigenvalue weighted by atomic mass is 127. The van der Waals surface area contributed by atoms with E-state index in [0.29, 0.717) is 11.1 Å². The summed E-state index contributed by atoms with van der Waals surface area (Å²) in [7, 11) is 0. The third kappa shape index (κ3) is 1.99. The monoisotopic (exact) mass is 425 g/mol. The Kier molecular flexibility index (Phi) is 2.19. The Labute approximate surface area is 160 Å². The third-order valence-electron chi connectivity index (χ3n) is 4.21. The molecule has 0 aliphatic rings. The van der Waals surface area contributed by atoms with Crippen LogP contribution in [0.5, 0.6) is 0 Å². The molecule has 0 saturated carbocycles. The molecule has 0 aliphatic carbocycles. The minimum atomic E-state index is -0.403. The van der Waals surface area contributed by atoms with Crippen LogP contribution >= 0.6 is 22.6 Å². The molecular weight excluding hydrogens is 407 g/mol. The predicted molar refractivity (Wildman–Crippen MR) is 109 cm³/mol. The summed E-state index contributed by atoms with van der Waals surface area (Å²) in [6.07, 6.45) is 0. The van der Waals surface area contributed by atoms with Gasteiger partial charge in [-0.15, -0.1) is 0 Å². The van der Waals surface area contributed by atoms with Crippen molar-refractivity contribution in [2.24, 2.45) is 0 Å². The van der Waals surface area contributed by atoms with Crippen molar-refractivity contribution in [2.45, 2.75) is 0 Å². The van der Waals surface area contributed by atoms with Gasteiger partial charge < -0.3 is 4.42 Å². The lowest BCUT2D eigenvalue weighted by Crippen LogP contribution is -1.81. The van der Waals surface area contributed by atoms with Crippen molar-refractivity contribution in [1.29, 1.82) is 0 Å². The molecule has 5 aromatic rings. The fourth-order valence-electron chi connectivity index (χ4n) is 3.18. The van der Waals surface area contributed by atoms with E-state index < -0.39 is 6.04 Å². The van der Waals surface area contributed by atoms with Gasteiger partial charge in [0.2, 0.25) is 0 Å². The number of furan rings is 1. The number of hydrogen-bond donors (Lipinski definition) is 0. The van der Waals surface area contributed by atoms with Gasteiger partial charge in [0.15, 0.2) is 0 Å². The minimum Gasteiger partial charge on any atom is -0.454 e. The van der Waals surface area contributed by atoms with Crippen molar-refractivity contribution in [3.8, 4) is 11.1 Å². The molecule has 1 nitrogen and oxygen atoms in total. The van der Waals surface area contributed by atoms with E-state index in [0.717, 1.165) is 30.7 Å². The number of para-hydroxylation sites is 1. The molecular formula is C22H13IO. The quantitative estimate of drug-likeness (QED) is 0.263. The molecule has 5 rings (SSSR count). The minimum absolute atomic E-state index is 0.154. The van der Waals surface area contributed by atoms with Crippen molar-refractivity contribution in [1.82, 2.24) is 0 Å². The predicted octanol–water partition coefficient (Wildman–Crippen LogP) is 7.01. The first kappa shape index (κ1) is 9.84. The SMILES string of the molecule is [2H]c1c([2H])c([2H])c(-c2cc3ccccc3c3c2oc2c(I)cccc23)c([2H])c1[2H]. The van der Waals surface area contributed by atoms with Gasteiger partial charge in [-0.05, 0) is 51.1 Å². The van der Waals surface area contributed by atoms with Gasteiger partial charge >= 0.3 is 0 Å². The summed E-state index contributed by atoms with van der Waals surface area (Å²) >= 11 is 2.22. The largest absolute Gasteiger partial charge is 0.454 e. The summed E-state index contributed by atoms with van der Waals surface area (Å²) in [5.74, 6) is 0. The molecule has 0 fully saturated rings. The van der Waals surface area contributed by atoms with Gasteiger partial charge in [0.1, 0.15) is 11.2 Å².